The molecule has 72 valence electrons. The number of halogens is 3. The molecule has 1 aromatic heterocycles. The van der Waals surface area contributed by atoms with Crippen LogP contribution in [-0.4, -0.2) is 4.98 Å². The first-order chi connectivity index (χ1) is 6.07. The Morgan fingerprint density at radius 2 is 2.15 bits per heavy atom. The highest BCUT2D eigenvalue weighted by atomic mass is 35.5. The third-order valence-corrected chi connectivity index (χ3v) is 1.99. The van der Waals surface area contributed by atoms with Crippen LogP contribution < -0.4 is 11.5 Å². The quantitative estimate of drug-likeness (QED) is 0.776. The second-order valence-corrected chi connectivity index (χ2v) is 2.78. The molecule has 0 spiro atoms. The zero-order valence-electron chi connectivity index (χ0n) is 6.60. The second-order valence-electron chi connectivity index (χ2n) is 2.40. The smallest absolute Gasteiger partial charge is 0.281 e. The van der Waals surface area contributed by atoms with Gasteiger partial charge in [-0.05, 0) is 0 Å². The summed E-state index contributed by atoms with van der Waals surface area (Å²) in [6, 6.07) is 0. The van der Waals surface area contributed by atoms with Gasteiger partial charge in [0.15, 0.2) is 0 Å². The Kier molecular flexibility index (Phi) is 3.00. The van der Waals surface area contributed by atoms with Crippen molar-refractivity contribution in [3.63, 3.8) is 0 Å². The highest BCUT2D eigenvalue weighted by molar-refractivity contribution is 6.33. The predicted molar refractivity (Wildman–Crippen MR) is 46.5 cm³/mol. The molecule has 0 fully saturated rings. The van der Waals surface area contributed by atoms with Gasteiger partial charge in [0.2, 0.25) is 0 Å². The van der Waals surface area contributed by atoms with Gasteiger partial charge in [-0.1, -0.05) is 11.6 Å². The minimum atomic E-state index is -2.72. The summed E-state index contributed by atoms with van der Waals surface area (Å²) in [5.74, 6) is 0. The molecule has 4 N–H and O–H groups in total. The molecule has 13 heavy (non-hydrogen) atoms. The first-order valence-corrected chi connectivity index (χ1v) is 3.86. The number of alkyl halides is 2. The summed E-state index contributed by atoms with van der Waals surface area (Å²) in [5, 5.41) is -0.210. The number of hydrogen-bond donors (Lipinski definition) is 2. The number of hydrogen-bond acceptors (Lipinski definition) is 3. The van der Waals surface area contributed by atoms with Crippen LogP contribution in [-0.2, 0) is 6.54 Å². The molecule has 0 aliphatic heterocycles. The topological polar surface area (TPSA) is 64.9 Å². The molecule has 0 atom stereocenters. The Bertz CT molecular complexity index is 317. The van der Waals surface area contributed by atoms with Crippen molar-refractivity contribution in [1.29, 1.82) is 0 Å². The first kappa shape index (κ1) is 10.1. The zero-order valence-corrected chi connectivity index (χ0v) is 7.35. The number of nitrogens with zero attached hydrogens (tertiary/aromatic N) is 1. The summed E-state index contributed by atoms with van der Waals surface area (Å²) in [7, 11) is 0. The van der Waals surface area contributed by atoms with Gasteiger partial charge >= 0.3 is 0 Å². The van der Waals surface area contributed by atoms with E-state index in [9.17, 15) is 8.78 Å². The Labute approximate surface area is 78.7 Å². The third-order valence-electron chi connectivity index (χ3n) is 1.59. The summed E-state index contributed by atoms with van der Waals surface area (Å²) in [5.41, 5.74) is 10.8. The lowest BCUT2D eigenvalue weighted by atomic mass is 10.2. The highest BCUT2D eigenvalue weighted by Gasteiger charge is 2.17. The van der Waals surface area contributed by atoms with Crippen molar-refractivity contribution in [2.75, 3.05) is 5.73 Å². The maximum atomic E-state index is 12.2. The lowest BCUT2D eigenvalue weighted by molar-refractivity contribution is 0.146. The van der Waals surface area contributed by atoms with Crippen molar-refractivity contribution in [3.05, 3.63) is 22.5 Å². The van der Waals surface area contributed by atoms with Crippen molar-refractivity contribution in [3.8, 4) is 0 Å². The molecule has 0 saturated carbocycles. The summed E-state index contributed by atoms with van der Waals surface area (Å²) in [6.07, 6.45) is -1.51. The van der Waals surface area contributed by atoms with E-state index < -0.39 is 12.1 Å². The summed E-state index contributed by atoms with van der Waals surface area (Å²) >= 11 is 5.55. The van der Waals surface area contributed by atoms with Crippen LogP contribution >= 0.6 is 11.6 Å². The Hall–Kier alpha value is -0.940. The molecule has 1 rings (SSSR count). The van der Waals surface area contributed by atoms with E-state index in [1.807, 2.05) is 0 Å². The average Bonchev–Trinajstić information content (AvgIpc) is 2.09. The van der Waals surface area contributed by atoms with Crippen LogP contribution in [0.1, 0.15) is 17.7 Å². The molecule has 1 aromatic rings. The van der Waals surface area contributed by atoms with Crippen LogP contribution in [0.4, 0.5) is 14.5 Å². The standard InChI is InChI=1S/C7H8ClF2N3/c8-4-5(12)3(1-11)2-13-6(4)7(9)10/h2,7H,1,11H2,(H2,12,13). The fourth-order valence-electron chi connectivity index (χ4n) is 0.867. The predicted octanol–water partition coefficient (Wildman–Crippen LogP) is 1.71. The van der Waals surface area contributed by atoms with Crippen molar-refractivity contribution in [2.24, 2.45) is 5.73 Å². The van der Waals surface area contributed by atoms with Crippen LogP contribution in [0.5, 0.6) is 0 Å². The first-order valence-electron chi connectivity index (χ1n) is 3.49. The number of rotatable bonds is 2. The Morgan fingerprint density at radius 3 is 2.62 bits per heavy atom. The van der Waals surface area contributed by atoms with Crippen LogP contribution in [0.2, 0.25) is 5.02 Å². The van der Waals surface area contributed by atoms with Gasteiger partial charge in [-0.2, -0.15) is 0 Å². The van der Waals surface area contributed by atoms with Gasteiger partial charge in [0, 0.05) is 18.3 Å². The van der Waals surface area contributed by atoms with E-state index in [1.54, 1.807) is 0 Å². The molecule has 0 aromatic carbocycles. The molecular weight excluding hydrogens is 200 g/mol. The van der Waals surface area contributed by atoms with E-state index in [0.717, 1.165) is 0 Å². The van der Waals surface area contributed by atoms with Crippen LogP contribution in [0.3, 0.4) is 0 Å². The SMILES string of the molecule is NCc1cnc(C(F)F)c(Cl)c1N. The fourth-order valence-corrected chi connectivity index (χ4v) is 1.12. The molecule has 0 unspecified atom stereocenters. The number of pyridine rings is 1. The zero-order chi connectivity index (χ0) is 10.0. The lowest BCUT2D eigenvalue weighted by Gasteiger charge is -2.08. The van der Waals surface area contributed by atoms with E-state index in [4.69, 9.17) is 23.1 Å². The van der Waals surface area contributed by atoms with Crippen molar-refractivity contribution < 1.29 is 8.78 Å². The van der Waals surface area contributed by atoms with Crippen molar-refractivity contribution >= 4 is 17.3 Å². The largest absolute Gasteiger partial charge is 0.397 e. The van der Waals surface area contributed by atoms with Gasteiger partial charge in [0.25, 0.3) is 6.43 Å². The van der Waals surface area contributed by atoms with Gasteiger partial charge in [-0.3, -0.25) is 4.98 Å². The normalized spacial score (nSPS) is 10.8. The molecular formula is C7H8ClF2N3. The lowest BCUT2D eigenvalue weighted by Crippen LogP contribution is -2.05. The molecule has 1 heterocycles. The Morgan fingerprint density at radius 1 is 1.54 bits per heavy atom. The van der Waals surface area contributed by atoms with Crippen LogP contribution in [0.15, 0.2) is 6.20 Å². The molecule has 0 bridgehead atoms. The molecule has 0 aliphatic carbocycles. The van der Waals surface area contributed by atoms with Crippen LogP contribution in [0.25, 0.3) is 0 Å². The molecule has 6 heteroatoms. The maximum Gasteiger partial charge on any atom is 0.281 e. The van der Waals surface area contributed by atoms with E-state index in [0.29, 0.717) is 5.56 Å². The molecule has 0 amide bonds. The minimum Gasteiger partial charge on any atom is -0.397 e. The fraction of sp³-hybridized carbons (Fsp3) is 0.286. The third kappa shape index (κ3) is 1.87. The number of nitrogens with two attached hydrogens (primary N) is 2. The van der Waals surface area contributed by atoms with Gasteiger partial charge in [0.1, 0.15) is 5.69 Å². The number of nitrogen functional groups attached to an aromatic ring is 1. The van der Waals surface area contributed by atoms with Crippen molar-refractivity contribution in [2.45, 2.75) is 13.0 Å². The van der Waals surface area contributed by atoms with Gasteiger partial charge in [-0.15, -0.1) is 0 Å². The van der Waals surface area contributed by atoms with E-state index in [1.165, 1.54) is 6.20 Å². The number of anilines is 1. The summed E-state index contributed by atoms with van der Waals surface area (Å²) in [6.45, 7) is 0.127. The summed E-state index contributed by atoms with van der Waals surface area (Å²) in [4.78, 5) is 3.47. The van der Waals surface area contributed by atoms with Gasteiger partial charge < -0.3 is 11.5 Å². The van der Waals surface area contributed by atoms with Crippen molar-refractivity contribution in [1.82, 2.24) is 4.98 Å². The molecule has 0 aliphatic rings. The van der Waals surface area contributed by atoms with Gasteiger partial charge in [0.05, 0.1) is 10.7 Å². The highest BCUT2D eigenvalue weighted by Crippen LogP contribution is 2.31. The van der Waals surface area contributed by atoms with Crippen LogP contribution in [0, 0.1) is 0 Å². The molecule has 0 radical (unpaired) electrons. The van der Waals surface area contributed by atoms with E-state index in [2.05, 4.69) is 4.98 Å². The molecule has 0 saturated heterocycles. The van der Waals surface area contributed by atoms with Gasteiger partial charge in [-0.25, -0.2) is 8.78 Å². The number of aromatic nitrogens is 1. The van der Waals surface area contributed by atoms with E-state index >= 15 is 0 Å². The minimum absolute atomic E-state index is 0.0782. The summed E-state index contributed by atoms with van der Waals surface area (Å²) < 4.78 is 24.4. The average molecular weight is 208 g/mol. The van der Waals surface area contributed by atoms with E-state index in [-0.39, 0.29) is 17.3 Å². The monoisotopic (exact) mass is 207 g/mol. The Balaban J connectivity index is 3.23. The molecule has 3 nitrogen and oxygen atoms in total. The maximum absolute atomic E-state index is 12.2. The second kappa shape index (κ2) is 3.85.